The largest absolute Gasteiger partial charge is 0.748 e. The van der Waals surface area contributed by atoms with Crippen molar-refractivity contribution in [2.45, 2.75) is 12.5 Å². The summed E-state index contributed by atoms with van der Waals surface area (Å²) in [6, 6.07) is 0. The van der Waals surface area contributed by atoms with Crippen LogP contribution in [0.2, 0.25) is 0 Å². The van der Waals surface area contributed by atoms with Gasteiger partial charge in [-0.25, -0.2) is 8.42 Å². The fourth-order valence-electron chi connectivity index (χ4n) is 1.90. The zero-order valence-electron chi connectivity index (χ0n) is 11.6. The Hall–Kier alpha value is -0.870. The molecule has 116 valence electrons. The standard InChI is InChI=1S/C11H17NO5S2.H3N/c1-12(3-2-4-19(13,14)15)5-9-6-16-10-7-18-8-11(10)17-9;/h7-9H,2-6H2,1H3,(H,13,14,15);1H3. The van der Waals surface area contributed by atoms with Crippen molar-refractivity contribution in [1.29, 1.82) is 0 Å². The fraction of sp³-hybridized carbons (Fsp3) is 0.636. The number of rotatable bonds is 6. The predicted molar refractivity (Wildman–Crippen MR) is 76.9 cm³/mol. The van der Waals surface area contributed by atoms with E-state index in [0.717, 1.165) is 11.5 Å². The van der Waals surface area contributed by atoms with Crippen molar-refractivity contribution in [1.82, 2.24) is 11.1 Å². The van der Waals surface area contributed by atoms with Gasteiger partial charge in [0.25, 0.3) is 0 Å². The summed E-state index contributed by atoms with van der Waals surface area (Å²) >= 11 is 1.53. The summed E-state index contributed by atoms with van der Waals surface area (Å²) < 4.78 is 42.8. The van der Waals surface area contributed by atoms with Gasteiger partial charge in [-0.2, -0.15) is 0 Å². The number of likely N-dealkylation sites (N-methyl/N-ethyl adjacent to an activating group) is 1. The molecule has 2 heterocycles. The molecule has 0 amide bonds. The Morgan fingerprint density at radius 2 is 2.15 bits per heavy atom. The molecule has 0 saturated heterocycles. The van der Waals surface area contributed by atoms with Gasteiger partial charge >= 0.3 is 0 Å². The Balaban J connectivity index is 0.00000200. The number of quaternary nitrogens is 1. The molecule has 1 aromatic heterocycles. The predicted octanol–water partition coefficient (Wildman–Crippen LogP) is 1.13. The molecule has 0 fully saturated rings. The molecule has 1 unspecified atom stereocenters. The average molecular weight is 324 g/mol. The second-order valence-electron chi connectivity index (χ2n) is 4.53. The summed E-state index contributed by atoms with van der Waals surface area (Å²) in [4.78, 5) is 1.94. The van der Waals surface area contributed by atoms with Gasteiger partial charge in [0.2, 0.25) is 0 Å². The van der Waals surface area contributed by atoms with Crippen molar-refractivity contribution in [3.8, 4) is 11.5 Å². The monoisotopic (exact) mass is 324 g/mol. The van der Waals surface area contributed by atoms with Crippen LogP contribution in [-0.2, 0) is 10.1 Å². The van der Waals surface area contributed by atoms with Crippen molar-refractivity contribution in [2.75, 3.05) is 32.5 Å². The molecular formula is C11H20N2O5S2. The van der Waals surface area contributed by atoms with Crippen molar-refractivity contribution in [3.05, 3.63) is 10.8 Å². The summed E-state index contributed by atoms with van der Waals surface area (Å²) in [5, 5.41) is 3.79. The third-order valence-electron chi connectivity index (χ3n) is 2.76. The molecule has 1 aromatic rings. The number of hydrogen-bond donors (Lipinski definition) is 1. The maximum absolute atomic E-state index is 10.5. The summed E-state index contributed by atoms with van der Waals surface area (Å²) in [6.07, 6.45) is 0.260. The molecule has 4 N–H and O–H groups in total. The van der Waals surface area contributed by atoms with Crippen LogP contribution in [0.5, 0.6) is 11.5 Å². The summed E-state index contributed by atoms with van der Waals surface area (Å²) in [6.45, 7) is 1.65. The van der Waals surface area contributed by atoms with Crippen molar-refractivity contribution in [2.24, 2.45) is 0 Å². The van der Waals surface area contributed by atoms with Crippen LogP contribution < -0.4 is 15.6 Å². The third-order valence-corrected chi connectivity index (χ3v) is 4.25. The highest BCUT2D eigenvalue weighted by Gasteiger charge is 2.22. The van der Waals surface area contributed by atoms with E-state index in [-0.39, 0.29) is 18.0 Å². The zero-order chi connectivity index (χ0) is 13.9. The number of fused-ring (bicyclic) bond motifs is 1. The Kier molecular flexibility index (Phi) is 6.21. The van der Waals surface area contributed by atoms with E-state index in [1.165, 1.54) is 11.3 Å². The Morgan fingerprint density at radius 3 is 2.85 bits per heavy atom. The van der Waals surface area contributed by atoms with Gasteiger partial charge in [0.05, 0.1) is 10.1 Å². The molecular weight excluding hydrogens is 304 g/mol. The van der Waals surface area contributed by atoms with E-state index in [1.54, 1.807) is 0 Å². The molecule has 0 aromatic carbocycles. The normalized spacial score (nSPS) is 17.9. The van der Waals surface area contributed by atoms with E-state index in [4.69, 9.17) is 9.47 Å². The number of nitrogens with zero attached hydrogens (tertiary/aromatic N) is 1. The highest BCUT2D eigenvalue weighted by molar-refractivity contribution is 7.85. The average Bonchev–Trinajstić information content (AvgIpc) is 2.74. The van der Waals surface area contributed by atoms with Crippen molar-refractivity contribution >= 4 is 21.5 Å². The first-order valence-corrected chi connectivity index (χ1v) is 8.44. The second kappa shape index (κ2) is 7.23. The first-order chi connectivity index (χ1) is 8.94. The molecule has 0 bridgehead atoms. The summed E-state index contributed by atoms with van der Waals surface area (Å²) in [7, 11) is -2.25. The minimum Gasteiger partial charge on any atom is -0.748 e. The molecule has 20 heavy (non-hydrogen) atoms. The molecule has 1 aliphatic heterocycles. The summed E-state index contributed by atoms with van der Waals surface area (Å²) in [5.41, 5.74) is 0. The van der Waals surface area contributed by atoms with Gasteiger partial charge in [-0.15, -0.1) is 11.3 Å². The van der Waals surface area contributed by atoms with Crippen LogP contribution >= 0.6 is 11.3 Å². The van der Waals surface area contributed by atoms with Gasteiger partial charge < -0.3 is 25.1 Å². The minimum atomic E-state index is -4.12. The molecule has 7 nitrogen and oxygen atoms in total. The lowest BCUT2D eigenvalue weighted by Gasteiger charge is -2.28. The fourth-order valence-corrected chi connectivity index (χ4v) is 3.06. The minimum absolute atomic E-state index is 0. The molecule has 9 heteroatoms. The summed E-state index contributed by atoms with van der Waals surface area (Å²) in [5.74, 6) is 1.21. The second-order valence-corrected chi connectivity index (χ2v) is 6.80. The highest BCUT2D eigenvalue weighted by atomic mass is 32.2. The van der Waals surface area contributed by atoms with Crippen LogP contribution in [-0.4, -0.2) is 56.5 Å². The Labute approximate surface area is 122 Å². The Morgan fingerprint density at radius 1 is 1.45 bits per heavy atom. The van der Waals surface area contributed by atoms with E-state index in [9.17, 15) is 13.0 Å². The topological polar surface area (TPSA) is 115 Å². The van der Waals surface area contributed by atoms with Gasteiger partial charge in [0.1, 0.15) is 12.7 Å². The van der Waals surface area contributed by atoms with Gasteiger partial charge in [-0.1, -0.05) is 0 Å². The third kappa shape index (κ3) is 5.25. The van der Waals surface area contributed by atoms with Crippen molar-refractivity contribution in [3.63, 3.8) is 0 Å². The van der Waals surface area contributed by atoms with Gasteiger partial charge in [-0.05, 0) is 20.0 Å². The first kappa shape index (κ1) is 17.2. The van der Waals surface area contributed by atoms with E-state index in [1.807, 2.05) is 22.7 Å². The van der Waals surface area contributed by atoms with Gasteiger partial charge in [0, 0.05) is 23.1 Å². The lowest BCUT2D eigenvalue weighted by Crippen LogP contribution is -2.39. The zero-order valence-corrected chi connectivity index (χ0v) is 13.2. The van der Waals surface area contributed by atoms with Crippen LogP contribution in [0.15, 0.2) is 10.8 Å². The maximum atomic E-state index is 10.5. The molecule has 2 rings (SSSR count). The van der Waals surface area contributed by atoms with E-state index in [2.05, 4.69) is 0 Å². The smallest absolute Gasteiger partial charge is 0.172 e. The molecule has 0 spiro atoms. The van der Waals surface area contributed by atoms with E-state index >= 15 is 0 Å². The van der Waals surface area contributed by atoms with Crippen LogP contribution in [0.4, 0.5) is 0 Å². The van der Waals surface area contributed by atoms with Crippen LogP contribution in [0.3, 0.4) is 0 Å². The van der Waals surface area contributed by atoms with Gasteiger partial charge in [-0.3, -0.25) is 0 Å². The number of thiophene rings is 1. The van der Waals surface area contributed by atoms with E-state index < -0.39 is 10.1 Å². The molecule has 0 saturated carbocycles. The molecule has 1 aliphatic rings. The van der Waals surface area contributed by atoms with E-state index in [0.29, 0.717) is 26.1 Å². The molecule has 0 aliphatic carbocycles. The van der Waals surface area contributed by atoms with Crippen LogP contribution in [0.1, 0.15) is 6.42 Å². The van der Waals surface area contributed by atoms with Crippen LogP contribution in [0, 0.1) is 0 Å². The lowest BCUT2D eigenvalue weighted by atomic mass is 10.3. The highest BCUT2D eigenvalue weighted by Crippen LogP contribution is 2.35. The lowest BCUT2D eigenvalue weighted by molar-refractivity contribution is 0.0667. The van der Waals surface area contributed by atoms with Crippen LogP contribution in [0.25, 0.3) is 0 Å². The molecule has 0 radical (unpaired) electrons. The van der Waals surface area contributed by atoms with Crippen molar-refractivity contribution < 1.29 is 22.4 Å². The quantitative estimate of drug-likeness (QED) is 0.784. The maximum Gasteiger partial charge on any atom is 0.172 e. The number of ether oxygens (including phenoxy) is 2. The SMILES string of the molecule is CN(CCCS(=O)(=O)[O-])CC1COc2cscc2O1.[NH4+]. The molecule has 1 atom stereocenters. The van der Waals surface area contributed by atoms with Gasteiger partial charge in [0.15, 0.2) is 11.5 Å². The Bertz CT molecular complexity index is 517. The first-order valence-electron chi connectivity index (χ1n) is 5.92. The number of hydrogen-bond acceptors (Lipinski definition) is 7.